The number of fused-ring (bicyclic) bond motifs is 1. The molecule has 0 unspecified atom stereocenters. The van der Waals surface area contributed by atoms with Gasteiger partial charge in [-0.2, -0.15) is 39.5 Å². The van der Waals surface area contributed by atoms with E-state index in [1.54, 1.807) is 0 Å². The third-order valence-electron chi connectivity index (χ3n) is 5.15. The van der Waals surface area contributed by atoms with Crippen LogP contribution in [0.1, 0.15) is 26.4 Å². The molecular weight excluding hydrogens is 657 g/mol. The van der Waals surface area contributed by atoms with Crippen LogP contribution in [-0.4, -0.2) is 100 Å². The quantitative estimate of drug-likeness (QED) is 0.270. The van der Waals surface area contributed by atoms with Crippen molar-refractivity contribution in [3.8, 4) is 0 Å². The number of ether oxygens (including phenoxy) is 1. The molecule has 2 aromatic rings. The van der Waals surface area contributed by atoms with Gasteiger partial charge in [-0.25, -0.2) is 14.4 Å². The Kier molecular flexibility index (Phi) is 17.0. The number of rotatable bonds is 7. The third kappa shape index (κ3) is 18.2. The van der Waals surface area contributed by atoms with Gasteiger partial charge < -0.3 is 25.0 Å². The highest BCUT2D eigenvalue weighted by atomic mass is 32.1. The maximum atomic E-state index is 10.6. The Morgan fingerprint density at radius 1 is 0.911 bits per heavy atom. The second-order valence-electron chi connectivity index (χ2n) is 9.17. The number of aryl methyl sites for hydroxylation is 1. The Bertz CT molecular complexity index is 1180. The molecule has 3 heterocycles. The lowest BCUT2D eigenvalue weighted by Gasteiger charge is -2.29. The average molecular weight is 688 g/mol. The summed E-state index contributed by atoms with van der Waals surface area (Å²) >= 11 is 1.90. The summed E-state index contributed by atoms with van der Waals surface area (Å²) in [6, 6.07) is 4.46. The highest BCUT2D eigenvalue weighted by Crippen LogP contribution is 2.25. The van der Waals surface area contributed by atoms with E-state index >= 15 is 0 Å². The Morgan fingerprint density at radius 2 is 1.40 bits per heavy atom. The first-order valence-electron chi connectivity index (χ1n) is 12.3. The molecule has 0 spiro atoms. The van der Waals surface area contributed by atoms with E-state index in [0.717, 1.165) is 39.2 Å². The average Bonchev–Trinajstić information content (AvgIpc) is 3.30. The van der Waals surface area contributed by atoms with Crippen LogP contribution in [0.15, 0.2) is 24.5 Å². The van der Waals surface area contributed by atoms with E-state index in [9.17, 15) is 39.5 Å². The van der Waals surface area contributed by atoms with E-state index in [4.69, 9.17) is 34.4 Å². The van der Waals surface area contributed by atoms with Crippen LogP contribution in [0.25, 0.3) is 0 Å². The number of carbonyl (C=O) groups is 3. The van der Waals surface area contributed by atoms with Gasteiger partial charge in [0.15, 0.2) is 0 Å². The van der Waals surface area contributed by atoms with Crippen LogP contribution in [0.2, 0.25) is 0 Å². The molecule has 20 heteroatoms. The molecular formula is C25H30F9N3O7S. The smallest absolute Gasteiger partial charge is 0.475 e. The minimum absolute atomic E-state index is 0.675. The van der Waals surface area contributed by atoms with Crippen molar-refractivity contribution >= 4 is 29.2 Å². The van der Waals surface area contributed by atoms with Gasteiger partial charge in [0.25, 0.3) is 0 Å². The summed E-state index contributed by atoms with van der Waals surface area (Å²) < 4.78 is 101. The van der Waals surface area contributed by atoms with Crippen molar-refractivity contribution in [1.82, 2.24) is 14.8 Å². The fourth-order valence-corrected chi connectivity index (χ4v) is 4.04. The molecule has 0 aliphatic carbocycles. The van der Waals surface area contributed by atoms with Gasteiger partial charge in [0.2, 0.25) is 0 Å². The highest BCUT2D eigenvalue weighted by Gasteiger charge is 2.39. The first-order valence-corrected chi connectivity index (χ1v) is 13.1. The highest BCUT2D eigenvalue weighted by molar-refractivity contribution is 7.11. The van der Waals surface area contributed by atoms with Gasteiger partial charge in [-0.1, -0.05) is 0 Å². The summed E-state index contributed by atoms with van der Waals surface area (Å²) in [6.45, 7) is 7.71. The van der Waals surface area contributed by atoms with Crippen molar-refractivity contribution < 1.29 is 74.0 Å². The summed E-state index contributed by atoms with van der Waals surface area (Å²) in [7, 11) is 4.14. The normalized spacial score (nSPS) is 13.3. The fourth-order valence-electron chi connectivity index (χ4n) is 3.11. The Hall–Kier alpha value is -3.49. The number of hydrogen-bond acceptors (Lipinski definition) is 8. The molecule has 1 aliphatic heterocycles. The van der Waals surface area contributed by atoms with E-state index in [1.165, 1.54) is 26.4 Å². The van der Waals surface area contributed by atoms with E-state index < -0.39 is 36.4 Å². The predicted octanol–water partition coefficient (Wildman–Crippen LogP) is 4.99. The molecule has 0 atom stereocenters. The molecule has 0 fully saturated rings. The molecule has 0 saturated heterocycles. The molecule has 1 aliphatic rings. The maximum absolute atomic E-state index is 10.6. The van der Waals surface area contributed by atoms with Gasteiger partial charge in [0, 0.05) is 48.3 Å². The van der Waals surface area contributed by atoms with Crippen molar-refractivity contribution in [2.45, 2.75) is 51.6 Å². The number of likely N-dealkylation sites (N-methyl/N-ethyl adjacent to an activating group) is 1. The predicted molar refractivity (Wildman–Crippen MR) is 140 cm³/mol. The Labute approximate surface area is 254 Å². The summed E-state index contributed by atoms with van der Waals surface area (Å²) in [5.74, 6) is -8.27. The fraction of sp³-hybridized carbons (Fsp3) is 0.520. The van der Waals surface area contributed by atoms with E-state index in [2.05, 4.69) is 47.9 Å². The summed E-state index contributed by atoms with van der Waals surface area (Å²) in [4.78, 5) is 38.6. The van der Waals surface area contributed by atoms with E-state index in [-0.39, 0.29) is 0 Å². The molecule has 10 nitrogen and oxygen atoms in total. The van der Waals surface area contributed by atoms with Crippen LogP contribution in [0.4, 0.5) is 39.5 Å². The molecule has 0 bridgehead atoms. The van der Waals surface area contributed by atoms with Gasteiger partial charge in [-0.15, -0.1) is 11.3 Å². The maximum Gasteiger partial charge on any atom is 0.490 e. The molecule has 3 N–H and O–H groups in total. The topological polar surface area (TPSA) is 140 Å². The van der Waals surface area contributed by atoms with Crippen molar-refractivity contribution in [2.24, 2.45) is 0 Å². The largest absolute Gasteiger partial charge is 0.490 e. The monoisotopic (exact) mass is 687 g/mol. The van der Waals surface area contributed by atoms with Crippen molar-refractivity contribution in [2.75, 3.05) is 33.8 Å². The lowest BCUT2D eigenvalue weighted by molar-refractivity contribution is -0.193. The number of aliphatic carboxylic acids is 3. The van der Waals surface area contributed by atoms with E-state index in [1.807, 2.05) is 23.7 Å². The van der Waals surface area contributed by atoms with Crippen LogP contribution in [-0.2, 0) is 45.2 Å². The SMILES string of the molecule is Cc1ccc(CN2CCc3c(COCCN(C)C)cncc3C2)s1.O=C(O)C(F)(F)F.O=C(O)C(F)(F)F.O=C(O)C(F)(F)F. The second-order valence-corrected chi connectivity index (χ2v) is 10.5. The molecule has 45 heavy (non-hydrogen) atoms. The molecule has 2 aromatic heterocycles. The number of hydrogen-bond donors (Lipinski definition) is 3. The number of alkyl halides is 9. The minimum atomic E-state index is -5.08. The summed E-state index contributed by atoms with van der Waals surface area (Å²) in [6.07, 6.45) is -10.1. The second kappa shape index (κ2) is 18.5. The number of nitrogens with zero attached hydrogens (tertiary/aromatic N) is 3. The number of carboxylic acids is 3. The van der Waals surface area contributed by atoms with Crippen LogP contribution < -0.4 is 0 Å². The number of pyridine rings is 1. The number of halogens is 9. The van der Waals surface area contributed by atoms with Crippen LogP contribution in [0.3, 0.4) is 0 Å². The zero-order valence-corrected chi connectivity index (χ0v) is 24.7. The van der Waals surface area contributed by atoms with E-state index in [0.29, 0.717) is 6.61 Å². The lowest BCUT2D eigenvalue weighted by Crippen LogP contribution is -2.30. The lowest BCUT2D eigenvalue weighted by atomic mass is 9.97. The van der Waals surface area contributed by atoms with Gasteiger partial charge in [0.1, 0.15) is 0 Å². The van der Waals surface area contributed by atoms with Crippen LogP contribution in [0.5, 0.6) is 0 Å². The van der Waals surface area contributed by atoms with Gasteiger partial charge in [-0.05, 0) is 56.3 Å². The molecule has 256 valence electrons. The molecule has 3 rings (SSSR count). The zero-order valence-electron chi connectivity index (χ0n) is 23.9. The van der Waals surface area contributed by atoms with Gasteiger partial charge in [-0.3, -0.25) is 9.88 Å². The molecule has 0 radical (unpaired) electrons. The number of aromatic nitrogens is 1. The number of carboxylic acid groups (broad SMARTS) is 3. The molecule has 0 aromatic carbocycles. The van der Waals surface area contributed by atoms with Crippen molar-refractivity contribution in [3.63, 3.8) is 0 Å². The first kappa shape index (κ1) is 41.5. The van der Waals surface area contributed by atoms with Crippen LogP contribution >= 0.6 is 11.3 Å². The van der Waals surface area contributed by atoms with Gasteiger partial charge in [0.05, 0.1) is 13.2 Å². The Balaban J connectivity index is 0.000000753. The summed E-state index contributed by atoms with van der Waals surface area (Å²) in [5.41, 5.74) is 4.08. The van der Waals surface area contributed by atoms with Crippen molar-refractivity contribution in [3.05, 3.63) is 51.0 Å². The molecule has 0 amide bonds. The summed E-state index contributed by atoms with van der Waals surface area (Å²) in [5, 5.41) is 21.4. The van der Waals surface area contributed by atoms with Crippen molar-refractivity contribution in [1.29, 1.82) is 0 Å². The first-order chi connectivity index (χ1) is 20.4. The third-order valence-corrected chi connectivity index (χ3v) is 6.14. The molecule has 0 saturated carbocycles. The number of thiophene rings is 1. The minimum Gasteiger partial charge on any atom is -0.475 e. The van der Waals surface area contributed by atoms with Crippen LogP contribution in [0, 0.1) is 6.92 Å². The van der Waals surface area contributed by atoms with Gasteiger partial charge >= 0.3 is 36.4 Å². The zero-order chi connectivity index (χ0) is 35.2. The standard InChI is InChI=1S/C19H27N3OS.3C2HF3O2/c1-15-4-5-18(24-15)13-22-7-6-19-16(12-22)10-20-11-17(19)14-23-9-8-21(2)3;3*3-2(4,5)1(6)7/h4-5,10-11H,6-9,12-14H2,1-3H3;3*(H,6,7). The Morgan fingerprint density at radius 3 is 1.80 bits per heavy atom.